The van der Waals surface area contributed by atoms with Gasteiger partial charge in [0.1, 0.15) is 10.6 Å². The third-order valence-electron chi connectivity index (χ3n) is 4.26. The molecule has 138 valence electrons. The molecular formula is C18H19ClN2O4S. The van der Waals surface area contributed by atoms with Crippen LogP contribution in [0.2, 0.25) is 5.02 Å². The summed E-state index contributed by atoms with van der Waals surface area (Å²) in [6, 6.07) is 9.37. The van der Waals surface area contributed by atoms with Crippen LogP contribution in [0.4, 0.5) is 11.4 Å². The fourth-order valence-electron chi connectivity index (χ4n) is 3.08. The highest BCUT2D eigenvalue weighted by Gasteiger charge is 2.33. The van der Waals surface area contributed by atoms with Crippen LogP contribution in [-0.4, -0.2) is 21.4 Å². The van der Waals surface area contributed by atoms with Crippen LogP contribution >= 0.6 is 11.6 Å². The van der Waals surface area contributed by atoms with Gasteiger partial charge in [-0.05, 0) is 47.9 Å². The normalized spacial score (nSPS) is 16.3. The predicted molar refractivity (Wildman–Crippen MR) is 101 cm³/mol. The summed E-state index contributed by atoms with van der Waals surface area (Å²) in [5.74, 6) is -0.0993. The number of anilines is 2. The average molecular weight is 395 g/mol. The molecule has 1 heterocycles. The summed E-state index contributed by atoms with van der Waals surface area (Å²) in [4.78, 5) is 12.1. The minimum atomic E-state index is -3.91. The number of hydrogen-bond acceptors (Lipinski definition) is 4. The molecule has 0 spiro atoms. The maximum Gasteiger partial charge on any atom is 0.265 e. The van der Waals surface area contributed by atoms with Gasteiger partial charge in [-0.25, -0.2) is 8.42 Å². The number of carbonyl (C=O) groups is 1. The Labute approximate surface area is 157 Å². The van der Waals surface area contributed by atoms with Crippen LogP contribution in [0.1, 0.15) is 25.3 Å². The van der Waals surface area contributed by atoms with E-state index in [1.54, 1.807) is 24.3 Å². The molecule has 0 saturated heterocycles. The molecule has 1 unspecified atom stereocenters. The summed E-state index contributed by atoms with van der Waals surface area (Å²) < 4.78 is 33.2. The van der Waals surface area contributed by atoms with Gasteiger partial charge in [0, 0.05) is 16.4 Å². The van der Waals surface area contributed by atoms with E-state index in [9.17, 15) is 13.2 Å². The molecule has 0 aliphatic carbocycles. The van der Waals surface area contributed by atoms with Crippen molar-refractivity contribution >= 4 is 38.9 Å². The Kier molecular flexibility index (Phi) is 4.86. The quantitative estimate of drug-likeness (QED) is 0.806. The van der Waals surface area contributed by atoms with Crippen molar-refractivity contribution in [1.82, 2.24) is 0 Å². The predicted octanol–water partition coefficient (Wildman–Crippen LogP) is 3.84. The number of benzene rings is 2. The Morgan fingerprint density at radius 1 is 1.19 bits per heavy atom. The van der Waals surface area contributed by atoms with Gasteiger partial charge in [0.2, 0.25) is 5.91 Å². The highest BCUT2D eigenvalue weighted by Crippen LogP contribution is 2.39. The number of halogens is 1. The topological polar surface area (TPSA) is 84.5 Å². The van der Waals surface area contributed by atoms with Crippen molar-refractivity contribution in [2.24, 2.45) is 5.92 Å². The summed E-state index contributed by atoms with van der Waals surface area (Å²) in [5, 5.41) is 3.11. The largest absolute Gasteiger partial charge is 0.495 e. The molecule has 2 aromatic carbocycles. The van der Waals surface area contributed by atoms with E-state index in [-0.39, 0.29) is 33.4 Å². The second-order valence-corrected chi connectivity index (χ2v) is 8.50. The summed E-state index contributed by atoms with van der Waals surface area (Å²) in [6.07, 6.45) is 0. The molecule has 3 rings (SSSR count). The maximum absolute atomic E-state index is 12.8. The van der Waals surface area contributed by atoms with Crippen LogP contribution < -0.4 is 14.8 Å². The Morgan fingerprint density at radius 2 is 1.92 bits per heavy atom. The van der Waals surface area contributed by atoms with Crippen LogP contribution in [0, 0.1) is 5.92 Å². The summed E-state index contributed by atoms with van der Waals surface area (Å²) in [7, 11) is -2.52. The number of rotatable bonds is 5. The van der Waals surface area contributed by atoms with Gasteiger partial charge < -0.3 is 10.1 Å². The van der Waals surface area contributed by atoms with Crippen LogP contribution in [0.15, 0.2) is 41.3 Å². The molecule has 1 atom stereocenters. The monoisotopic (exact) mass is 394 g/mol. The highest BCUT2D eigenvalue weighted by atomic mass is 35.5. The molecular weight excluding hydrogens is 376 g/mol. The Morgan fingerprint density at radius 3 is 2.58 bits per heavy atom. The molecule has 2 N–H and O–H groups in total. The average Bonchev–Trinajstić information content (AvgIpc) is 2.89. The van der Waals surface area contributed by atoms with E-state index in [1.807, 2.05) is 13.8 Å². The number of fused-ring (bicyclic) bond motifs is 1. The fraction of sp³-hybridized carbons (Fsp3) is 0.278. The van der Waals surface area contributed by atoms with Gasteiger partial charge in [-0.15, -0.1) is 0 Å². The second kappa shape index (κ2) is 6.81. The summed E-state index contributed by atoms with van der Waals surface area (Å²) in [5.41, 5.74) is 1.85. The van der Waals surface area contributed by atoms with Gasteiger partial charge in [-0.2, -0.15) is 0 Å². The SMILES string of the molecule is COc1ccc(Cl)cc1S(=O)(=O)Nc1ccc2c(c1)C(C(C)C)C(=O)N2. The number of ether oxygens (including phenoxy) is 1. The molecule has 0 aromatic heterocycles. The van der Waals surface area contributed by atoms with Gasteiger partial charge in [0.15, 0.2) is 0 Å². The van der Waals surface area contributed by atoms with E-state index in [2.05, 4.69) is 10.0 Å². The van der Waals surface area contributed by atoms with E-state index in [0.29, 0.717) is 11.4 Å². The van der Waals surface area contributed by atoms with Crippen molar-refractivity contribution < 1.29 is 17.9 Å². The lowest BCUT2D eigenvalue weighted by Crippen LogP contribution is -2.17. The van der Waals surface area contributed by atoms with Gasteiger partial charge in [0.05, 0.1) is 13.0 Å². The first-order chi connectivity index (χ1) is 12.2. The number of hydrogen-bond donors (Lipinski definition) is 2. The lowest BCUT2D eigenvalue weighted by molar-refractivity contribution is -0.117. The first-order valence-corrected chi connectivity index (χ1v) is 9.90. The summed E-state index contributed by atoms with van der Waals surface area (Å²) >= 11 is 5.94. The smallest absolute Gasteiger partial charge is 0.265 e. The van der Waals surface area contributed by atoms with Crippen molar-refractivity contribution in [2.75, 3.05) is 17.1 Å². The van der Waals surface area contributed by atoms with Crippen LogP contribution in [-0.2, 0) is 14.8 Å². The molecule has 0 bridgehead atoms. The van der Waals surface area contributed by atoms with E-state index in [1.165, 1.54) is 19.2 Å². The van der Waals surface area contributed by atoms with E-state index in [4.69, 9.17) is 16.3 Å². The molecule has 1 amide bonds. The van der Waals surface area contributed by atoms with Gasteiger partial charge in [-0.1, -0.05) is 25.4 Å². The van der Waals surface area contributed by atoms with E-state index >= 15 is 0 Å². The second-order valence-electron chi connectivity index (χ2n) is 6.41. The van der Waals surface area contributed by atoms with Crippen molar-refractivity contribution in [2.45, 2.75) is 24.7 Å². The molecule has 0 saturated carbocycles. The third-order valence-corrected chi connectivity index (χ3v) is 5.90. The number of sulfonamides is 1. The first kappa shape index (κ1) is 18.5. The zero-order valence-corrected chi connectivity index (χ0v) is 16.1. The van der Waals surface area contributed by atoms with Crippen molar-refractivity contribution in [1.29, 1.82) is 0 Å². The number of nitrogens with one attached hydrogen (secondary N) is 2. The van der Waals surface area contributed by atoms with Crippen LogP contribution in [0.5, 0.6) is 5.75 Å². The van der Waals surface area contributed by atoms with Crippen LogP contribution in [0.3, 0.4) is 0 Å². The maximum atomic E-state index is 12.8. The summed E-state index contributed by atoms with van der Waals surface area (Å²) in [6.45, 7) is 3.90. The standard InChI is InChI=1S/C18H19ClN2O4S/c1-10(2)17-13-9-12(5-6-14(13)20-18(17)22)21-26(23,24)16-8-11(19)4-7-15(16)25-3/h4-10,17,21H,1-3H3,(H,20,22). The van der Waals surface area contributed by atoms with Gasteiger partial charge in [-0.3, -0.25) is 9.52 Å². The van der Waals surface area contributed by atoms with Gasteiger partial charge in [0.25, 0.3) is 10.0 Å². The lowest BCUT2D eigenvalue weighted by Gasteiger charge is -2.15. The van der Waals surface area contributed by atoms with Crippen molar-refractivity contribution in [3.05, 3.63) is 47.0 Å². The lowest BCUT2D eigenvalue weighted by atomic mass is 9.89. The molecule has 1 aliphatic rings. The Balaban J connectivity index is 1.98. The fourth-order valence-corrected chi connectivity index (χ4v) is 4.56. The third kappa shape index (κ3) is 3.37. The van der Waals surface area contributed by atoms with Crippen molar-refractivity contribution in [3.63, 3.8) is 0 Å². The zero-order chi connectivity index (χ0) is 19.1. The molecule has 6 nitrogen and oxygen atoms in total. The zero-order valence-electron chi connectivity index (χ0n) is 14.5. The number of methoxy groups -OCH3 is 1. The highest BCUT2D eigenvalue weighted by molar-refractivity contribution is 7.92. The van der Waals surface area contributed by atoms with Crippen LogP contribution in [0.25, 0.3) is 0 Å². The Hall–Kier alpha value is -2.25. The number of carbonyl (C=O) groups excluding carboxylic acids is 1. The molecule has 2 aromatic rings. The molecule has 26 heavy (non-hydrogen) atoms. The minimum Gasteiger partial charge on any atom is -0.495 e. The number of amides is 1. The molecule has 8 heteroatoms. The first-order valence-electron chi connectivity index (χ1n) is 8.04. The van der Waals surface area contributed by atoms with Gasteiger partial charge >= 0.3 is 0 Å². The Bertz CT molecular complexity index is 973. The molecule has 0 radical (unpaired) electrons. The molecule has 0 fully saturated rings. The molecule has 1 aliphatic heterocycles. The van der Waals surface area contributed by atoms with E-state index < -0.39 is 10.0 Å². The van der Waals surface area contributed by atoms with E-state index in [0.717, 1.165) is 5.56 Å². The minimum absolute atomic E-state index is 0.0531. The van der Waals surface area contributed by atoms with Crippen molar-refractivity contribution in [3.8, 4) is 5.75 Å².